The molecule has 0 atom stereocenters. The molecule has 0 bridgehead atoms. The fraction of sp³-hybridized carbons (Fsp3) is 0.462. The molecule has 0 unspecified atom stereocenters. The Morgan fingerprint density at radius 2 is 2.26 bits per heavy atom. The minimum Gasteiger partial charge on any atom is -0.409 e. The fourth-order valence-electron chi connectivity index (χ4n) is 2.03. The third-order valence-electron chi connectivity index (χ3n) is 3.25. The second-order valence-corrected chi connectivity index (χ2v) is 5.55. The molecule has 0 amide bonds. The van der Waals surface area contributed by atoms with E-state index in [9.17, 15) is 4.39 Å². The summed E-state index contributed by atoms with van der Waals surface area (Å²) >= 11 is 3.28. The van der Waals surface area contributed by atoms with Crippen molar-refractivity contribution in [3.8, 4) is 0 Å². The van der Waals surface area contributed by atoms with Gasteiger partial charge in [-0.25, -0.2) is 4.39 Å². The fourth-order valence-corrected chi connectivity index (χ4v) is 2.42. The van der Waals surface area contributed by atoms with Gasteiger partial charge in [0, 0.05) is 25.6 Å². The molecule has 1 fully saturated rings. The van der Waals surface area contributed by atoms with Crippen LogP contribution in [0, 0.1) is 5.82 Å². The van der Waals surface area contributed by atoms with Crippen molar-refractivity contribution in [1.29, 1.82) is 0 Å². The molecular formula is C13H17BrFN3O. The second kappa shape index (κ2) is 6.34. The lowest BCUT2D eigenvalue weighted by atomic mass is 10.2. The quantitative estimate of drug-likeness (QED) is 0.365. The Bertz CT molecular complexity index is 477. The van der Waals surface area contributed by atoms with Crippen LogP contribution in [0.5, 0.6) is 0 Å². The normalized spacial score (nSPS) is 16.1. The molecule has 0 aliphatic heterocycles. The SMILES string of the molecule is N/C(CCN(Cc1cccc(F)c1Br)C1CC1)=N/O. The summed E-state index contributed by atoms with van der Waals surface area (Å²) in [7, 11) is 0. The van der Waals surface area contributed by atoms with Gasteiger partial charge >= 0.3 is 0 Å². The molecule has 1 aromatic rings. The molecule has 0 spiro atoms. The minimum atomic E-state index is -0.246. The molecule has 3 N–H and O–H groups in total. The van der Waals surface area contributed by atoms with Crippen molar-refractivity contribution in [3.63, 3.8) is 0 Å². The summed E-state index contributed by atoms with van der Waals surface area (Å²) in [5.41, 5.74) is 6.42. The maximum atomic E-state index is 13.5. The molecule has 0 aromatic heterocycles. The maximum absolute atomic E-state index is 13.5. The first-order valence-corrected chi connectivity index (χ1v) is 7.04. The van der Waals surface area contributed by atoms with Crippen LogP contribution < -0.4 is 5.73 Å². The summed E-state index contributed by atoms with van der Waals surface area (Å²) in [6.45, 7) is 1.38. The number of nitrogens with two attached hydrogens (primary N) is 1. The largest absolute Gasteiger partial charge is 0.409 e. The summed E-state index contributed by atoms with van der Waals surface area (Å²) in [6, 6.07) is 5.59. The zero-order valence-electron chi connectivity index (χ0n) is 10.5. The molecule has 1 aliphatic rings. The molecule has 1 aromatic carbocycles. The molecule has 1 saturated carbocycles. The van der Waals surface area contributed by atoms with E-state index in [0.717, 1.165) is 18.4 Å². The van der Waals surface area contributed by atoms with Gasteiger partial charge < -0.3 is 10.9 Å². The van der Waals surface area contributed by atoms with Crippen LogP contribution in [0.1, 0.15) is 24.8 Å². The van der Waals surface area contributed by atoms with E-state index in [2.05, 4.69) is 26.0 Å². The summed E-state index contributed by atoms with van der Waals surface area (Å²) in [4.78, 5) is 2.25. The van der Waals surface area contributed by atoms with E-state index in [1.165, 1.54) is 6.07 Å². The van der Waals surface area contributed by atoms with Crippen LogP contribution in [0.2, 0.25) is 0 Å². The molecule has 0 heterocycles. The lowest BCUT2D eigenvalue weighted by Crippen LogP contribution is -2.30. The summed E-state index contributed by atoms with van der Waals surface area (Å²) < 4.78 is 14.0. The lowest BCUT2D eigenvalue weighted by Gasteiger charge is -2.22. The van der Waals surface area contributed by atoms with E-state index in [0.29, 0.717) is 30.0 Å². The van der Waals surface area contributed by atoms with Crippen LogP contribution in [0.15, 0.2) is 27.8 Å². The average molecular weight is 330 g/mol. The summed E-state index contributed by atoms with van der Waals surface area (Å²) in [5.74, 6) is -0.0198. The van der Waals surface area contributed by atoms with E-state index >= 15 is 0 Å². The zero-order valence-corrected chi connectivity index (χ0v) is 12.1. The maximum Gasteiger partial charge on any atom is 0.140 e. The predicted molar refractivity (Wildman–Crippen MR) is 75.6 cm³/mol. The van der Waals surface area contributed by atoms with Gasteiger partial charge in [-0.15, -0.1) is 0 Å². The first kappa shape index (κ1) is 14.3. The third-order valence-corrected chi connectivity index (χ3v) is 4.14. The van der Waals surface area contributed by atoms with E-state index in [4.69, 9.17) is 10.9 Å². The van der Waals surface area contributed by atoms with Crippen molar-refractivity contribution in [2.24, 2.45) is 10.9 Å². The highest BCUT2D eigenvalue weighted by molar-refractivity contribution is 9.10. The molecule has 6 heteroatoms. The lowest BCUT2D eigenvalue weighted by molar-refractivity contribution is 0.258. The van der Waals surface area contributed by atoms with E-state index < -0.39 is 0 Å². The Labute approximate surface area is 120 Å². The zero-order chi connectivity index (χ0) is 13.8. The molecule has 2 rings (SSSR count). The highest BCUT2D eigenvalue weighted by atomic mass is 79.9. The second-order valence-electron chi connectivity index (χ2n) is 4.76. The van der Waals surface area contributed by atoms with Crippen molar-refractivity contribution in [2.75, 3.05) is 6.54 Å². The van der Waals surface area contributed by atoms with Crippen molar-refractivity contribution >= 4 is 21.8 Å². The number of hydrogen-bond donors (Lipinski definition) is 2. The van der Waals surface area contributed by atoms with Crippen LogP contribution in [0.25, 0.3) is 0 Å². The Kier molecular flexibility index (Phi) is 4.76. The molecule has 1 aliphatic carbocycles. The highest BCUT2D eigenvalue weighted by Crippen LogP contribution is 2.30. The van der Waals surface area contributed by atoms with Crippen LogP contribution in [0.3, 0.4) is 0 Å². The highest BCUT2D eigenvalue weighted by Gasteiger charge is 2.29. The monoisotopic (exact) mass is 329 g/mol. The van der Waals surface area contributed by atoms with Gasteiger partial charge in [0.25, 0.3) is 0 Å². The third kappa shape index (κ3) is 3.91. The standard InChI is InChI=1S/C13H17BrFN3O/c14-13-9(2-1-3-11(13)15)8-18(10-4-5-10)7-6-12(16)17-19/h1-3,10,19H,4-8H2,(H2,16,17). The summed E-state index contributed by atoms with van der Waals surface area (Å²) in [6.07, 6.45) is 2.83. The van der Waals surface area contributed by atoms with Crippen LogP contribution in [-0.2, 0) is 6.54 Å². The van der Waals surface area contributed by atoms with Crippen molar-refractivity contribution < 1.29 is 9.60 Å². The van der Waals surface area contributed by atoms with Crippen molar-refractivity contribution in [2.45, 2.75) is 31.8 Å². The van der Waals surface area contributed by atoms with E-state index in [1.54, 1.807) is 6.07 Å². The average Bonchev–Trinajstić information content (AvgIpc) is 3.23. The van der Waals surface area contributed by atoms with Crippen LogP contribution in [0.4, 0.5) is 4.39 Å². The molecule has 0 saturated heterocycles. The van der Waals surface area contributed by atoms with Gasteiger partial charge in [0.15, 0.2) is 0 Å². The molecule has 104 valence electrons. The first-order valence-electron chi connectivity index (χ1n) is 6.25. The van der Waals surface area contributed by atoms with E-state index in [-0.39, 0.29) is 11.7 Å². The number of oxime groups is 1. The number of hydrogen-bond acceptors (Lipinski definition) is 3. The van der Waals surface area contributed by atoms with Crippen LogP contribution >= 0.6 is 15.9 Å². The Morgan fingerprint density at radius 1 is 1.53 bits per heavy atom. The number of benzene rings is 1. The van der Waals surface area contributed by atoms with Gasteiger partial charge in [0.1, 0.15) is 11.7 Å². The van der Waals surface area contributed by atoms with Gasteiger partial charge in [-0.2, -0.15) is 0 Å². The van der Waals surface area contributed by atoms with Gasteiger partial charge in [0.2, 0.25) is 0 Å². The Balaban J connectivity index is 2.02. The Hall–Kier alpha value is -1.14. The summed E-state index contributed by atoms with van der Waals surface area (Å²) in [5, 5.41) is 11.5. The van der Waals surface area contributed by atoms with Gasteiger partial charge in [-0.1, -0.05) is 17.3 Å². The first-order chi connectivity index (χ1) is 9.11. The van der Waals surface area contributed by atoms with Crippen LogP contribution in [-0.4, -0.2) is 28.5 Å². The minimum absolute atomic E-state index is 0.226. The van der Waals surface area contributed by atoms with Gasteiger partial charge in [-0.3, -0.25) is 4.90 Å². The number of amidine groups is 1. The van der Waals surface area contributed by atoms with Crippen molar-refractivity contribution in [3.05, 3.63) is 34.1 Å². The van der Waals surface area contributed by atoms with Gasteiger partial charge in [-0.05, 0) is 40.4 Å². The van der Waals surface area contributed by atoms with Crippen molar-refractivity contribution in [1.82, 2.24) is 4.90 Å². The molecular weight excluding hydrogens is 313 g/mol. The number of nitrogens with zero attached hydrogens (tertiary/aromatic N) is 2. The number of rotatable bonds is 6. The molecule has 19 heavy (non-hydrogen) atoms. The molecule has 0 radical (unpaired) electrons. The number of halogens is 2. The Morgan fingerprint density at radius 3 is 2.89 bits per heavy atom. The smallest absolute Gasteiger partial charge is 0.140 e. The molecule has 4 nitrogen and oxygen atoms in total. The predicted octanol–water partition coefficient (Wildman–Crippen LogP) is 2.69. The van der Waals surface area contributed by atoms with Gasteiger partial charge in [0.05, 0.1) is 4.47 Å². The van der Waals surface area contributed by atoms with E-state index in [1.807, 2.05) is 6.07 Å². The topological polar surface area (TPSA) is 61.8 Å².